The van der Waals surface area contributed by atoms with Crippen LogP contribution in [-0.4, -0.2) is 54.9 Å². The first kappa shape index (κ1) is 16.1. The molecule has 0 spiro atoms. The lowest BCUT2D eigenvalue weighted by Gasteiger charge is -2.27. The van der Waals surface area contributed by atoms with Crippen molar-refractivity contribution in [3.8, 4) is 0 Å². The van der Waals surface area contributed by atoms with E-state index in [4.69, 9.17) is 0 Å². The summed E-state index contributed by atoms with van der Waals surface area (Å²) in [6.45, 7) is 5.34. The number of aromatic nitrogens is 4. The monoisotopic (exact) mass is 354 g/mol. The fourth-order valence-corrected chi connectivity index (χ4v) is 4.38. The molecule has 0 bridgehead atoms. The predicted octanol–water partition coefficient (Wildman–Crippen LogP) is 1.75. The Labute approximate surface area is 153 Å². The van der Waals surface area contributed by atoms with Gasteiger partial charge in [0.15, 0.2) is 5.69 Å². The van der Waals surface area contributed by atoms with Gasteiger partial charge in [0.25, 0.3) is 5.91 Å². The van der Waals surface area contributed by atoms with Crippen molar-refractivity contribution in [1.82, 2.24) is 29.4 Å². The van der Waals surface area contributed by atoms with Crippen LogP contribution in [0.5, 0.6) is 0 Å². The van der Waals surface area contributed by atoms with Crippen LogP contribution < -0.4 is 0 Å². The highest BCUT2D eigenvalue weighted by molar-refractivity contribution is 5.92. The molecule has 3 aliphatic rings. The minimum Gasteiger partial charge on any atom is -0.337 e. The summed E-state index contributed by atoms with van der Waals surface area (Å²) in [6, 6.07) is 2.00. The van der Waals surface area contributed by atoms with Crippen molar-refractivity contribution in [1.29, 1.82) is 0 Å². The Balaban J connectivity index is 1.30. The number of nitrogens with zero attached hydrogens (tertiary/aromatic N) is 6. The van der Waals surface area contributed by atoms with Crippen LogP contribution in [-0.2, 0) is 26.7 Å². The van der Waals surface area contributed by atoms with Crippen molar-refractivity contribution < 1.29 is 4.79 Å². The standard InChI is InChI=1S/C19H26N6O/c1-22-18(14-4-5-14)15(11-20-22)12-23-8-9-25-16(13-23)10-17(21-25)19(26)24-6-2-3-7-24/h10-11,14H,2-9,12-13H2,1H3. The van der Waals surface area contributed by atoms with Gasteiger partial charge in [-0.3, -0.25) is 19.1 Å². The number of likely N-dealkylation sites (tertiary alicyclic amines) is 1. The van der Waals surface area contributed by atoms with Crippen LogP contribution >= 0.6 is 0 Å². The van der Waals surface area contributed by atoms with E-state index in [-0.39, 0.29) is 5.91 Å². The highest BCUT2D eigenvalue weighted by Crippen LogP contribution is 2.41. The van der Waals surface area contributed by atoms with Crippen molar-refractivity contribution in [3.05, 3.63) is 34.9 Å². The third-order valence-electron chi connectivity index (χ3n) is 5.91. The summed E-state index contributed by atoms with van der Waals surface area (Å²) in [5.41, 5.74) is 4.53. The third kappa shape index (κ3) is 2.84. The van der Waals surface area contributed by atoms with E-state index in [1.165, 1.54) is 24.1 Å². The summed E-state index contributed by atoms with van der Waals surface area (Å²) in [6.07, 6.45) is 6.84. The lowest BCUT2D eigenvalue weighted by molar-refractivity contribution is 0.0786. The second-order valence-corrected chi connectivity index (χ2v) is 7.91. The number of amides is 1. The van der Waals surface area contributed by atoms with Crippen LogP contribution in [0.4, 0.5) is 0 Å². The summed E-state index contributed by atoms with van der Waals surface area (Å²) in [7, 11) is 2.05. The van der Waals surface area contributed by atoms with Gasteiger partial charge in [-0.1, -0.05) is 0 Å². The molecule has 1 aliphatic carbocycles. The first-order valence-corrected chi connectivity index (χ1v) is 9.78. The van der Waals surface area contributed by atoms with Crippen molar-refractivity contribution >= 4 is 5.91 Å². The fraction of sp³-hybridized carbons (Fsp3) is 0.632. The van der Waals surface area contributed by atoms with Crippen molar-refractivity contribution in [2.24, 2.45) is 7.05 Å². The molecular weight excluding hydrogens is 328 g/mol. The Kier molecular flexibility index (Phi) is 3.85. The van der Waals surface area contributed by atoms with Gasteiger partial charge in [-0.15, -0.1) is 0 Å². The normalized spacial score (nSPS) is 20.6. The highest BCUT2D eigenvalue weighted by Gasteiger charge is 2.31. The van der Waals surface area contributed by atoms with Crippen molar-refractivity contribution in [2.45, 2.75) is 51.2 Å². The minimum atomic E-state index is 0.0965. The Morgan fingerprint density at radius 1 is 1.19 bits per heavy atom. The lowest BCUT2D eigenvalue weighted by atomic mass is 10.1. The molecule has 7 heteroatoms. The second kappa shape index (κ2) is 6.23. The van der Waals surface area contributed by atoms with Gasteiger partial charge in [0.1, 0.15) is 0 Å². The smallest absolute Gasteiger partial charge is 0.274 e. The van der Waals surface area contributed by atoms with Crippen LogP contribution in [0.2, 0.25) is 0 Å². The summed E-state index contributed by atoms with van der Waals surface area (Å²) >= 11 is 0. The van der Waals surface area contributed by atoms with E-state index >= 15 is 0 Å². The molecule has 1 amide bonds. The molecular formula is C19H26N6O. The summed E-state index contributed by atoms with van der Waals surface area (Å²) in [5.74, 6) is 0.803. The van der Waals surface area contributed by atoms with E-state index in [1.54, 1.807) is 0 Å². The molecule has 7 nitrogen and oxygen atoms in total. The van der Waals surface area contributed by atoms with Crippen LogP contribution in [0.1, 0.15) is 59.0 Å². The molecule has 5 rings (SSSR count). The van der Waals surface area contributed by atoms with E-state index in [2.05, 4.69) is 22.1 Å². The Morgan fingerprint density at radius 2 is 2.00 bits per heavy atom. The van der Waals surface area contributed by atoms with Gasteiger partial charge >= 0.3 is 0 Å². The number of carbonyl (C=O) groups is 1. The molecule has 0 N–H and O–H groups in total. The zero-order valence-corrected chi connectivity index (χ0v) is 15.4. The third-order valence-corrected chi connectivity index (χ3v) is 5.91. The molecule has 2 aromatic rings. The average molecular weight is 354 g/mol. The van der Waals surface area contributed by atoms with Crippen molar-refractivity contribution in [2.75, 3.05) is 19.6 Å². The Morgan fingerprint density at radius 3 is 2.77 bits per heavy atom. The maximum Gasteiger partial charge on any atom is 0.274 e. The molecule has 0 aromatic carbocycles. The molecule has 1 saturated carbocycles. The molecule has 1 saturated heterocycles. The van der Waals surface area contributed by atoms with Crippen LogP contribution in [0.15, 0.2) is 12.3 Å². The SMILES string of the molecule is Cn1ncc(CN2CCn3nc(C(=O)N4CCCC4)cc3C2)c1C1CC1. The maximum absolute atomic E-state index is 12.6. The van der Waals surface area contributed by atoms with E-state index in [0.717, 1.165) is 57.8 Å². The highest BCUT2D eigenvalue weighted by atomic mass is 16.2. The van der Waals surface area contributed by atoms with Crippen LogP contribution in [0.3, 0.4) is 0 Å². The Hall–Kier alpha value is -2.15. The lowest BCUT2D eigenvalue weighted by Crippen LogP contribution is -2.33. The first-order chi connectivity index (χ1) is 12.7. The molecule has 0 unspecified atom stereocenters. The molecule has 4 heterocycles. The summed E-state index contributed by atoms with van der Waals surface area (Å²) in [4.78, 5) is 17.0. The number of hydrogen-bond acceptors (Lipinski definition) is 4. The number of fused-ring (bicyclic) bond motifs is 1. The van der Waals surface area contributed by atoms with Gasteiger partial charge in [-0.05, 0) is 31.7 Å². The number of rotatable bonds is 4. The number of aryl methyl sites for hydroxylation is 1. The summed E-state index contributed by atoms with van der Waals surface area (Å²) < 4.78 is 4.07. The van der Waals surface area contributed by atoms with E-state index in [1.807, 2.05) is 26.5 Å². The predicted molar refractivity (Wildman–Crippen MR) is 96.7 cm³/mol. The number of hydrogen-bond donors (Lipinski definition) is 0. The largest absolute Gasteiger partial charge is 0.337 e. The van der Waals surface area contributed by atoms with Gasteiger partial charge in [-0.25, -0.2) is 0 Å². The molecule has 0 atom stereocenters. The topological polar surface area (TPSA) is 59.2 Å². The molecule has 138 valence electrons. The zero-order chi connectivity index (χ0) is 17.7. The van der Waals surface area contributed by atoms with Gasteiger partial charge in [0, 0.05) is 56.9 Å². The van der Waals surface area contributed by atoms with Crippen molar-refractivity contribution in [3.63, 3.8) is 0 Å². The first-order valence-electron chi connectivity index (χ1n) is 9.78. The van der Waals surface area contributed by atoms with Gasteiger partial charge in [0.05, 0.1) is 18.4 Å². The van der Waals surface area contributed by atoms with Gasteiger partial charge < -0.3 is 4.90 Å². The molecule has 2 aliphatic heterocycles. The Bertz CT molecular complexity index is 827. The fourth-order valence-electron chi connectivity index (χ4n) is 4.38. The molecule has 26 heavy (non-hydrogen) atoms. The number of carbonyl (C=O) groups excluding carboxylic acids is 1. The zero-order valence-electron chi connectivity index (χ0n) is 15.4. The van der Waals surface area contributed by atoms with E-state index < -0.39 is 0 Å². The second-order valence-electron chi connectivity index (χ2n) is 7.91. The van der Waals surface area contributed by atoms with Gasteiger partial charge in [0.2, 0.25) is 0 Å². The van der Waals surface area contributed by atoms with Crippen LogP contribution in [0, 0.1) is 0 Å². The minimum absolute atomic E-state index is 0.0965. The quantitative estimate of drug-likeness (QED) is 0.839. The summed E-state index contributed by atoms with van der Waals surface area (Å²) in [5, 5.41) is 9.06. The van der Waals surface area contributed by atoms with E-state index in [9.17, 15) is 4.79 Å². The maximum atomic E-state index is 12.6. The molecule has 2 fully saturated rings. The van der Waals surface area contributed by atoms with Crippen LogP contribution in [0.25, 0.3) is 0 Å². The molecule has 0 radical (unpaired) electrons. The average Bonchev–Trinajstić information content (AvgIpc) is 3.06. The van der Waals surface area contributed by atoms with E-state index in [0.29, 0.717) is 11.6 Å². The van der Waals surface area contributed by atoms with Gasteiger partial charge in [-0.2, -0.15) is 10.2 Å². The molecule has 2 aromatic heterocycles.